The van der Waals surface area contributed by atoms with Gasteiger partial charge < -0.3 is 10.4 Å². The zero-order valence-corrected chi connectivity index (χ0v) is 18.5. The first-order valence-electron chi connectivity index (χ1n) is 10.7. The van der Waals surface area contributed by atoms with Gasteiger partial charge in [-0.15, -0.1) is 0 Å². The Morgan fingerprint density at radius 2 is 1.94 bits per heavy atom. The van der Waals surface area contributed by atoms with Crippen molar-refractivity contribution in [2.45, 2.75) is 38.1 Å². The first-order valence-corrected chi connectivity index (χ1v) is 11.1. The van der Waals surface area contributed by atoms with Crippen molar-refractivity contribution in [3.8, 4) is 0 Å². The van der Waals surface area contributed by atoms with Crippen LogP contribution in [0.4, 0.5) is 4.39 Å². The Hall–Kier alpha value is -3.45. The number of fused-ring (bicyclic) bond motifs is 1. The van der Waals surface area contributed by atoms with Crippen LogP contribution in [-0.2, 0) is 17.6 Å². The van der Waals surface area contributed by atoms with Crippen molar-refractivity contribution in [1.29, 1.82) is 0 Å². The highest BCUT2D eigenvalue weighted by atomic mass is 35.5. The number of hydrogen-bond acceptors (Lipinski definition) is 3. The lowest BCUT2D eigenvalue weighted by Gasteiger charge is -2.15. The van der Waals surface area contributed by atoms with Crippen LogP contribution in [0.25, 0.3) is 11.6 Å². The molecule has 0 fully saturated rings. The Morgan fingerprint density at radius 1 is 1.18 bits per heavy atom. The van der Waals surface area contributed by atoms with E-state index in [2.05, 4.69) is 15.5 Å². The van der Waals surface area contributed by atoms with Crippen LogP contribution in [0.5, 0.6) is 0 Å². The smallest absolute Gasteiger partial charge is 0.326 e. The molecule has 1 heterocycles. The fourth-order valence-corrected chi connectivity index (χ4v) is 4.22. The lowest BCUT2D eigenvalue weighted by Crippen LogP contribution is -2.42. The third-order valence-electron chi connectivity index (χ3n) is 5.67. The van der Waals surface area contributed by atoms with E-state index in [4.69, 9.17) is 11.6 Å². The summed E-state index contributed by atoms with van der Waals surface area (Å²) in [6, 6.07) is 11.9. The molecule has 0 spiro atoms. The van der Waals surface area contributed by atoms with Crippen molar-refractivity contribution in [1.82, 2.24) is 15.5 Å². The molecule has 1 aliphatic rings. The zero-order valence-electron chi connectivity index (χ0n) is 17.8. The molecule has 170 valence electrons. The molecule has 3 N–H and O–H groups in total. The van der Waals surface area contributed by atoms with Gasteiger partial charge in [0.1, 0.15) is 17.6 Å². The Labute approximate surface area is 195 Å². The van der Waals surface area contributed by atoms with Crippen LogP contribution in [0.3, 0.4) is 0 Å². The van der Waals surface area contributed by atoms with Gasteiger partial charge >= 0.3 is 5.97 Å². The summed E-state index contributed by atoms with van der Waals surface area (Å²) in [5.41, 5.74) is 4.34. The van der Waals surface area contributed by atoms with E-state index in [0.717, 1.165) is 41.7 Å². The molecule has 0 saturated heterocycles. The van der Waals surface area contributed by atoms with Gasteiger partial charge in [-0.25, -0.2) is 9.18 Å². The molecule has 1 aromatic heterocycles. The number of hydrogen-bond donors (Lipinski definition) is 3. The first kappa shape index (κ1) is 22.7. The summed E-state index contributed by atoms with van der Waals surface area (Å²) in [6.07, 6.45) is 5.37. The van der Waals surface area contributed by atoms with Gasteiger partial charge in [0.15, 0.2) is 0 Å². The molecule has 0 bridgehead atoms. The quantitative estimate of drug-likeness (QED) is 0.449. The summed E-state index contributed by atoms with van der Waals surface area (Å²) < 4.78 is 13.2. The minimum atomic E-state index is -1.17. The number of aromatic amines is 1. The third-order valence-corrected chi connectivity index (χ3v) is 5.90. The molecule has 1 aliphatic carbocycles. The van der Waals surface area contributed by atoms with Crippen LogP contribution in [0, 0.1) is 5.82 Å². The fraction of sp³-hybridized carbons (Fsp3) is 0.240. The van der Waals surface area contributed by atoms with Gasteiger partial charge in [-0.1, -0.05) is 35.9 Å². The summed E-state index contributed by atoms with van der Waals surface area (Å²) in [5, 5.41) is 20.1. The van der Waals surface area contributed by atoms with Crippen LogP contribution in [0.15, 0.2) is 48.5 Å². The van der Waals surface area contributed by atoms with Crippen molar-refractivity contribution >= 4 is 35.1 Å². The maximum Gasteiger partial charge on any atom is 0.326 e. The fourth-order valence-electron chi connectivity index (χ4n) is 4.02. The van der Waals surface area contributed by atoms with Crippen LogP contribution in [-0.4, -0.2) is 33.2 Å². The van der Waals surface area contributed by atoms with Crippen LogP contribution in [0.1, 0.15) is 52.1 Å². The van der Waals surface area contributed by atoms with Gasteiger partial charge in [0.05, 0.1) is 5.69 Å². The largest absolute Gasteiger partial charge is 0.480 e. The van der Waals surface area contributed by atoms with Crippen molar-refractivity contribution in [3.05, 3.63) is 87.4 Å². The SMILES string of the molecule is O=C(N[C@@H](Cc1ccc(F)cc1)C(=O)O)c1[nH]nc2c1CCCCC2=Cc1cccc(Cl)c1. The monoisotopic (exact) mass is 467 g/mol. The van der Waals surface area contributed by atoms with Crippen LogP contribution in [0.2, 0.25) is 5.02 Å². The molecule has 2 aromatic carbocycles. The van der Waals surface area contributed by atoms with Crippen molar-refractivity contribution in [2.75, 3.05) is 0 Å². The number of carboxylic acid groups (broad SMARTS) is 1. The predicted octanol–water partition coefficient (Wildman–Crippen LogP) is 4.89. The molecule has 3 aromatic rings. The molecule has 0 unspecified atom stereocenters. The van der Waals surface area contributed by atoms with Gasteiger partial charge in [0.2, 0.25) is 0 Å². The molecule has 4 rings (SSSR count). The second-order valence-corrected chi connectivity index (χ2v) is 8.49. The van der Waals surface area contributed by atoms with Gasteiger partial charge in [-0.05, 0) is 72.7 Å². The van der Waals surface area contributed by atoms with Crippen molar-refractivity contribution < 1.29 is 19.1 Å². The number of carboxylic acids is 1. The number of aromatic nitrogens is 2. The van der Waals surface area contributed by atoms with E-state index in [1.165, 1.54) is 24.3 Å². The third kappa shape index (κ3) is 5.49. The molecule has 1 atom stereocenters. The second kappa shape index (κ2) is 10.0. The summed E-state index contributed by atoms with van der Waals surface area (Å²) in [6.45, 7) is 0. The highest BCUT2D eigenvalue weighted by Gasteiger charge is 2.27. The number of aliphatic carboxylic acids is 1. The lowest BCUT2D eigenvalue weighted by molar-refractivity contribution is -0.139. The van der Waals surface area contributed by atoms with E-state index in [1.54, 1.807) is 0 Å². The van der Waals surface area contributed by atoms with E-state index in [1.807, 2.05) is 30.3 Å². The average molecular weight is 468 g/mol. The molecule has 8 heteroatoms. The summed E-state index contributed by atoms with van der Waals surface area (Å²) in [4.78, 5) is 24.8. The number of nitrogens with zero attached hydrogens (tertiary/aromatic N) is 1. The molecule has 6 nitrogen and oxygen atoms in total. The van der Waals surface area contributed by atoms with E-state index < -0.39 is 23.7 Å². The molecule has 1 amide bonds. The molecule has 33 heavy (non-hydrogen) atoms. The predicted molar refractivity (Wildman–Crippen MR) is 124 cm³/mol. The Balaban J connectivity index is 1.58. The molecular weight excluding hydrogens is 445 g/mol. The molecule has 0 radical (unpaired) electrons. The van der Waals surface area contributed by atoms with E-state index in [0.29, 0.717) is 17.0 Å². The second-order valence-electron chi connectivity index (χ2n) is 8.05. The number of carbonyl (C=O) groups is 2. The number of H-pyrrole nitrogens is 1. The standard InChI is InChI=1S/C25H23ClFN3O3/c26-18-6-3-4-16(13-18)12-17-5-1-2-7-20-22(17)29-30-23(20)24(31)28-21(25(32)33)14-15-8-10-19(27)11-9-15/h3-4,6,8-13,21H,1-2,5,7,14H2,(H,28,31)(H,29,30)(H,32,33)/t21-/m0/s1. The van der Waals surface area contributed by atoms with E-state index in [-0.39, 0.29) is 12.1 Å². The number of rotatable bonds is 6. The first-order chi connectivity index (χ1) is 15.9. The summed E-state index contributed by atoms with van der Waals surface area (Å²) in [7, 11) is 0. The maximum atomic E-state index is 13.2. The van der Waals surface area contributed by atoms with Gasteiger partial charge in [-0.3, -0.25) is 9.89 Å². The Bertz CT molecular complexity index is 1200. The Kier molecular flexibility index (Phi) is 6.89. The average Bonchev–Trinajstić information content (AvgIpc) is 3.11. The number of benzene rings is 2. The number of amides is 1. The normalized spacial score (nSPS) is 15.5. The van der Waals surface area contributed by atoms with Crippen LogP contribution >= 0.6 is 11.6 Å². The van der Waals surface area contributed by atoms with Gasteiger partial charge in [0, 0.05) is 17.0 Å². The van der Waals surface area contributed by atoms with Gasteiger partial charge in [0.25, 0.3) is 5.91 Å². The van der Waals surface area contributed by atoms with Crippen molar-refractivity contribution in [2.24, 2.45) is 0 Å². The minimum absolute atomic E-state index is 0.0393. The van der Waals surface area contributed by atoms with Gasteiger partial charge in [-0.2, -0.15) is 5.10 Å². The lowest BCUT2D eigenvalue weighted by atomic mass is 10.0. The molecule has 0 aliphatic heterocycles. The topological polar surface area (TPSA) is 95.1 Å². The van der Waals surface area contributed by atoms with E-state index in [9.17, 15) is 19.1 Å². The minimum Gasteiger partial charge on any atom is -0.480 e. The maximum absolute atomic E-state index is 13.2. The number of nitrogens with one attached hydrogen (secondary N) is 2. The molecule has 0 saturated carbocycles. The summed E-state index contributed by atoms with van der Waals surface area (Å²) in [5.74, 6) is -2.10. The number of halogens is 2. The number of carbonyl (C=O) groups excluding carboxylic acids is 1. The summed E-state index contributed by atoms with van der Waals surface area (Å²) >= 11 is 6.11. The number of allylic oxidation sites excluding steroid dienone is 1. The Morgan fingerprint density at radius 3 is 2.67 bits per heavy atom. The highest BCUT2D eigenvalue weighted by Crippen LogP contribution is 2.32. The van der Waals surface area contributed by atoms with Crippen LogP contribution < -0.4 is 5.32 Å². The van der Waals surface area contributed by atoms with Crippen molar-refractivity contribution in [3.63, 3.8) is 0 Å². The molecular formula is C25H23ClFN3O3. The zero-order chi connectivity index (χ0) is 23.4. The highest BCUT2D eigenvalue weighted by molar-refractivity contribution is 6.30. The van der Waals surface area contributed by atoms with E-state index >= 15 is 0 Å².